The molecule has 102 valence electrons. The summed E-state index contributed by atoms with van der Waals surface area (Å²) >= 11 is 0. The second-order valence-electron chi connectivity index (χ2n) is 4.02. The average Bonchev–Trinajstić information content (AvgIpc) is 2.81. The van der Waals surface area contributed by atoms with Crippen LogP contribution in [0.5, 0.6) is 5.75 Å². The number of ether oxygens (including phenoxy) is 1. The molecule has 2 heterocycles. The molecular weight excluding hydrogens is 271 g/mol. The fraction of sp³-hybridized carbons (Fsp3) is 0.0769. The van der Waals surface area contributed by atoms with Crippen LogP contribution in [0.4, 0.5) is 13.2 Å². The molecule has 20 heavy (non-hydrogen) atoms. The molecule has 0 aliphatic rings. The van der Waals surface area contributed by atoms with E-state index in [2.05, 4.69) is 19.7 Å². The number of nitrogens with zero attached hydrogens (tertiary/aromatic N) is 2. The topological polar surface area (TPSA) is 50.8 Å². The highest BCUT2D eigenvalue weighted by atomic mass is 19.4. The standard InChI is InChI=1S/C13H8F3N3O/c14-13(15,16)20-11-4-2-1-3-8(11)12-18-9-5-6-17-7-10(9)19-12/h1-7H,(H,18,19). The van der Waals surface area contributed by atoms with Gasteiger partial charge in [-0.2, -0.15) is 0 Å². The fourth-order valence-corrected chi connectivity index (χ4v) is 1.86. The highest BCUT2D eigenvalue weighted by Crippen LogP contribution is 2.32. The first-order chi connectivity index (χ1) is 9.53. The quantitative estimate of drug-likeness (QED) is 0.780. The number of pyridine rings is 1. The van der Waals surface area contributed by atoms with Crippen LogP contribution in [-0.4, -0.2) is 21.3 Å². The summed E-state index contributed by atoms with van der Waals surface area (Å²) in [5.74, 6) is -0.000125. The number of halogens is 3. The second-order valence-corrected chi connectivity index (χ2v) is 4.02. The Bertz CT molecular complexity index is 719. The first-order valence-electron chi connectivity index (χ1n) is 5.68. The zero-order chi connectivity index (χ0) is 14.2. The summed E-state index contributed by atoms with van der Waals surface area (Å²) in [6.45, 7) is 0. The molecule has 3 rings (SSSR count). The van der Waals surface area contributed by atoms with Crippen molar-refractivity contribution in [2.24, 2.45) is 0 Å². The number of hydrogen-bond acceptors (Lipinski definition) is 3. The van der Waals surface area contributed by atoms with E-state index in [1.807, 2.05) is 0 Å². The van der Waals surface area contributed by atoms with Gasteiger partial charge in [-0.3, -0.25) is 4.98 Å². The molecule has 4 nitrogen and oxygen atoms in total. The van der Waals surface area contributed by atoms with Crippen LogP contribution in [0.3, 0.4) is 0 Å². The lowest BCUT2D eigenvalue weighted by atomic mass is 10.2. The van der Waals surface area contributed by atoms with Crippen molar-refractivity contribution in [3.05, 3.63) is 42.7 Å². The average molecular weight is 279 g/mol. The maximum absolute atomic E-state index is 12.4. The van der Waals surface area contributed by atoms with Crippen molar-refractivity contribution in [1.82, 2.24) is 15.0 Å². The Labute approximate surface area is 111 Å². The van der Waals surface area contributed by atoms with E-state index < -0.39 is 6.36 Å². The molecule has 0 unspecified atom stereocenters. The Kier molecular flexibility index (Phi) is 2.81. The van der Waals surface area contributed by atoms with Crippen LogP contribution >= 0.6 is 0 Å². The van der Waals surface area contributed by atoms with E-state index in [1.165, 1.54) is 18.2 Å². The molecule has 0 fully saturated rings. The maximum atomic E-state index is 12.4. The van der Waals surface area contributed by atoms with Crippen molar-refractivity contribution < 1.29 is 17.9 Å². The van der Waals surface area contributed by atoms with Crippen LogP contribution in [0.25, 0.3) is 22.4 Å². The highest BCUT2D eigenvalue weighted by molar-refractivity contribution is 5.79. The lowest BCUT2D eigenvalue weighted by Crippen LogP contribution is -2.17. The van der Waals surface area contributed by atoms with Crippen molar-refractivity contribution in [2.45, 2.75) is 6.36 Å². The minimum atomic E-state index is -4.75. The third-order valence-corrected chi connectivity index (χ3v) is 2.65. The van der Waals surface area contributed by atoms with Gasteiger partial charge in [0.05, 0.1) is 22.8 Å². The molecule has 3 aromatic rings. The van der Waals surface area contributed by atoms with E-state index in [9.17, 15) is 13.2 Å². The van der Waals surface area contributed by atoms with Crippen LogP contribution in [0.1, 0.15) is 0 Å². The Morgan fingerprint density at radius 3 is 2.65 bits per heavy atom. The Morgan fingerprint density at radius 2 is 1.90 bits per heavy atom. The molecule has 0 saturated carbocycles. The smallest absolute Gasteiger partial charge is 0.405 e. The SMILES string of the molecule is FC(F)(F)Oc1ccccc1-c1nc2ccncc2[nH]1. The molecule has 0 aliphatic carbocycles. The maximum Gasteiger partial charge on any atom is 0.573 e. The Morgan fingerprint density at radius 1 is 1.10 bits per heavy atom. The van der Waals surface area contributed by atoms with E-state index in [0.717, 1.165) is 0 Å². The summed E-state index contributed by atoms with van der Waals surface area (Å²) in [6.07, 6.45) is -1.63. The number of imidazole rings is 1. The van der Waals surface area contributed by atoms with E-state index in [4.69, 9.17) is 0 Å². The molecule has 0 atom stereocenters. The number of H-pyrrole nitrogens is 1. The normalized spacial score (nSPS) is 11.8. The van der Waals surface area contributed by atoms with Gasteiger partial charge in [0.25, 0.3) is 0 Å². The van der Waals surface area contributed by atoms with Gasteiger partial charge < -0.3 is 9.72 Å². The van der Waals surface area contributed by atoms with Crippen LogP contribution < -0.4 is 4.74 Å². The first kappa shape index (κ1) is 12.5. The summed E-state index contributed by atoms with van der Waals surface area (Å²) in [4.78, 5) is 11.1. The van der Waals surface area contributed by atoms with Crippen molar-refractivity contribution in [3.63, 3.8) is 0 Å². The van der Waals surface area contributed by atoms with E-state index >= 15 is 0 Å². The van der Waals surface area contributed by atoms with E-state index in [-0.39, 0.29) is 11.3 Å². The summed E-state index contributed by atoms with van der Waals surface area (Å²) in [6, 6.07) is 7.50. The van der Waals surface area contributed by atoms with Crippen molar-refractivity contribution in [3.8, 4) is 17.1 Å². The number of para-hydroxylation sites is 1. The number of aromatic nitrogens is 3. The summed E-state index contributed by atoms with van der Waals surface area (Å²) in [5, 5.41) is 0. The van der Waals surface area contributed by atoms with Gasteiger partial charge >= 0.3 is 6.36 Å². The van der Waals surface area contributed by atoms with Crippen LogP contribution in [-0.2, 0) is 0 Å². The second kappa shape index (κ2) is 4.52. The van der Waals surface area contributed by atoms with E-state index in [0.29, 0.717) is 16.9 Å². The third kappa shape index (κ3) is 2.42. The first-order valence-corrected chi connectivity index (χ1v) is 5.68. The molecule has 0 spiro atoms. The number of nitrogens with one attached hydrogen (secondary N) is 1. The number of fused-ring (bicyclic) bond motifs is 1. The molecule has 0 radical (unpaired) electrons. The largest absolute Gasteiger partial charge is 0.573 e. The van der Waals surface area contributed by atoms with Gasteiger partial charge in [0.15, 0.2) is 0 Å². The number of rotatable bonds is 2. The lowest BCUT2D eigenvalue weighted by Gasteiger charge is -2.11. The van der Waals surface area contributed by atoms with Crippen molar-refractivity contribution >= 4 is 11.0 Å². The predicted octanol–water partition coefficient (Wildman–Crippen LogP) is 3.52. The number of benzene rings is 1. The predicted molar refractivity (Wildman–Crippen MR) is 66.0 cm³/mol. The summed E-state index contributed by atoms with van der Waals surface area (Å²) < 4.78 is 41.1. The molecular formula is C13H8F3N3O. The molecule has 2 aromatic heterocycles. The third-order valence-electron chi connectivity index (χ3n) is 2.65. The van der Waals surface area contributed by atoms with Gasteiger partial charge in [-0.05, 0) is 18.2 Å². The molecule has 1 N–H and O–H groups in total. The Balaban J connectivity index is 2.09. The summed E-state index contributed by atoms with van der Waals surface area (Å²) in [5.41, 5.74) is 1.50. The number of hydrogen-bond donors (Lipinski definition) is 1. The molecule has 0 amide bonds. The van der Waals surface area contributed by atoms with Crippen LogP contribution in [0, 0.1) is 0 Å². The zero-order valence-electron chi connectivity index (χ0n) is 9.98. The van der Waals surface area contributed by atoms with Gasteiger partial charge in [-0.1, -0.05) is 12.1 Å². The van der Waals surface area contributed by atoms with E-state index in [1.54, 1.807) is 24.5 Å². The minimum Gasteiger partial charge on any atom is -0.405 e. The minimum absolute atomic E-state index is 0.237. The van der Waals surface area contributed by atoms with Crippen LogP contribution in [0.15, 0.2) is 42.7 Å². The molecule has 0 aliphatic heterocycles. The number of aromatic amines is 1. The van der Waals surface area contributed by atoms with Crippen LogP contribution in [0.2, 0.25) is 0 Å². The van der Waals surface area contributed by atoms with Gasteiger partial charge in [0.1, 0.15) is 11.6 Å². The van der Waals surface area contributed by atoms with Gasteiger partial charge in [0, 0.05) is 6.20 Å². The molecule has 0 saturated heterocycles. The van der Waals surface area contributed by atoms with Crippen molar-refractivity contribution in [2.75, 3.05) is 0 Å². The molecule has 0 bridgehead atoms. The molecule has 1 aromatic carbocycles. The van der Waals surface area contributed by atoms with Gasteiger partial charge in [-0.15, -0.1) is 13.2 Å². The Hall–Kier alpha value is -2.57. The zero-order valence-corrected chi connectivity index (χ0v) is 9.98. The van der Waals surface area contributed by atoms with Gasteiger partial charge in [0.2, 0.25) is 0 Å². The fourth-order valence-electron chi connectivity index (χ4n) is 1.86. The van der Waals surface area contributed by atoms with Gasteiger partial charge in [-0.25, -0.2) is 4.98 Å². The number of alkyl halides is 3. The summed E-state index contributed by atoms with van der Waals surface area (Å²) in [7, 11) is 0. The molecule has 7 heteroatoms. The van der Waals surface area contributed by atoms with Crippen molar-refractivity contribution in [1.29, 1.82) is 0 Å². The monoisotopic (exact) mass is 279 g/mol. The highest BCUT2D eigenvalue weighted by Gasteiger charge is 2.32. The lowest BCUT2D eigenvalue weighted by molar-refractivity contribution is -0.274.